The van der Waals surface area contributed by atoms with Crippen molar-refractivity contribution < 1.29 is 4.74 Å². The normalized spacial score (nSPS) is 11.8. The first-order valence-corrected chi connectivity index (χ1v) is 6.06. The average Bonchev–Trinajstić information content (AvgIpc) is 2.25. The molecule has 1 aromatic rings. The van der Waals surface area contributed by atoms with E-state index in [0.717, 1.165) is 11.4 Å². The summed E-state index contributed by atoms with van der Waals surface area (Å²) in [6.45, 7) is 6.39. The van der Waals surface area contributed by atoms with Crippen LogP contribution in [-0.2, 0) is 4.74 Å². The van der Waals surface area contributed by atoms with Crippen molar-refractivity contribution in [1.29, 1.82) is 0 Å². The Balaban J connectivity index is 2.42. The lowest BCUT2D eigenvalue weighted by Gasteiger charge is -2.16. The average molecular weight is 269 g/mol. The molecule has 0 saturated carbocycles. The Morgan fingerprint density at radius 1 is 1.39 bits per heavy atom. The van der Waals surface area contributed by atoms with E-state index < -0.39 is 0 Å². The van der Waals surface area contributed by atoms with Crippen molar-refractivity contribution in [2.45, 2.75) is 26.8 Å². The predicted octanol–water partition coefficient (Wildman–Crippen LogP) is 0.919. The summed E-state index contributed by atoms with van der Waals surface area (Å²) in [7, 11) is 1.65. The van der Waals surface area contributed by atoms with Crippen LogP contribution in [0.3, 0.4) is 0 Å². The fourth-order valence-electron chi connectivity index (χ4n) is 1.45. The van der Waals surface area contributed by atoms with Crippen LogP contribution < -0.4 is 16.2 Å². The number of nitrogens with one attached hydrogen (secondary N) is 3. The molecule has 0 bridgehead atoms. The summed E-state index contributed by atoms with van der Waals surface area (Å²) in [6, 6.07) is 2.04. The Kier molecular flexibility index (Phi) is 5.73. The lowest BCUT2D eigenvalue weighted by atomic mass is 10.4. The Hall–Kier alpha value is -1.47. The zero-order valence-electron chi connectivity index (χ0n) is 11.1. The lowest BCUT2D eigenvalue weighted by Crippen LogP contribution is -2.44. The molecular formula is C11H19N5OS. The van der Waals surface area contributed by atoms with Crippen molar-refractivity contribution in [3.63, 3.8) is 0 Å². The number of methoxy groups -OCH3 is 1. The van der Waals surface area contributed by atoms with Crippen LogP contribution in [0, 0.1) is 13.8 Å². The minimum Gasteiger partial charge on any atom is -0.383 e. The zero-order chi connectivity index (χ0) is 13.5. The Morgan fingerprint density at radius 3 is 2.56 bits per heavy atom. The monoisotopic (exact) mass is 269 g/mol. The van der Waals surface area contributed by atoms with E-state index in [0.29, 0.717) is 17.7 Å². The molecule has 100 valence electrons. The summed E-state index contributed by atoms with van der Waals surface area (Å²) in [5.74, 6) is 0.496. The number of thiocarbonyl (C=S) groups is 1. The number of ether oxygens (including phenoxy) is 1. The van der Waals surface area contributed by atoms with Gasteiger partial charge in [0, 0.05) is 24.5 Å². The van der Waals surface area contributed by atoms with Gasteiger partial charge in [-0.25, -0.2) is 9.97 Å². The second kappa shape index (κ2) is 7.07. The standard InChI is InChI=1S/C11H19N5OS/c1-7-5-8(2)13-10(12-7)15-16-11(18)14-9(3)6-17-4/h5,9H,6H2,1-4H3,(H,12,13,15)(H2,14,16,18)/t9-/m1/s1. The molecule has 0 spiro atoms. The fraction of sp³-hybridized carbons (Fsp3) is 0.545. The van der Waals surface area contributed by atoms with Crippen LogP contribution in [0.1, 0.15) is 18.3 Å². The van der Waals surface area contributed by atoms with Gasteiger partial charge in [-0.2, -0.15) is 0 Å². The number of aryl methyl sites for hydroxylation is 2. The Labute approximate surface area is 113 Å². The van der Waals surface area contributed by atoms with Crippen molar-refractivity contribution in [3.8, 4) is 0 Å². The highest BCUT2D eigenvalue weighted by Crippen LogP contribution is 2.01. The number of aromatic nitrogens is 2. The first kappa shape index (κ1) is 14.6. The fourth-order valence-corrected chi connectivity index (χ4v) is 1.70. The van der Waals surface area contributed by atoms with Crippen LogP contribution >= 0.6 is 12.2 Å². The second-order valence-electron chi connectivity index (χ2n) is 4.05. The summed E-state index contributed by atoms with van der Waals surface area (Å²) in [6.07, 6.45) is 0. The van der Waals surface area contributed by atoms with Gasteiger partial charge in [0.15, 0.2) is 5.11 Å². The molecule has 1 aromatic heterocycles. The highest BCUT2D eigenvalue weighted by Gasteiger charge is 2.04. The number of hydrazine groups is 1. The molecule has 0 amide bonds. The quantitative estimate of drug-likeness (QED) is 0.542. The van der Waals surface area contributed by atoms with E-state index in [4.69, 9.17) is 17.0 Å². The van der Waals surface area contributed by atoms with Crippen molar-refractivity contribution in [3.05, 3.63) is 17.5 Å². The van der Waals surface area contributed by atoms with Crippen molar-refractivity contribution >= 4 is 23.3 Å². The minimum absolute atomic E-state index is 0.136. The number of hydrogen-bond donors (Lipinski definition) is 3. The SMILES string of the molecule is COC[C@@H](C)NC(=S)NNc1nc(C)cc(C)n1. The van der Waals surface area contributed by atoms with Crippen molar-refractivity contribution in [2.24, 2.45) is 0 Å². The topological polar surface area (TPSA) is 71.1 Å². The molecule has 18 heavy (non-hydrogen) atoms. The molecule has 0 aromatic carbocycles. The molecule has 0 radical (unpaired) electrons. The van der Waals surface area contributed by atoms with Crippen LogP contribution in [0.5, 0.6) is 0 Å². The number of hydrogen-bond acceptors (Lipinski definition) is 5. The van der Waals surface area contributed by atoms with Crippen molar-refractivity contribution in [2.75, 3.05) is 19.1 Å². The van der Waals surface area contributed by atoms with Gasteiger partial charge < -0.3 is 10.1 Å². The van der Waals surface area contributed by atoms with Crippen molar-refractivity contribution in [1.82, 2.24) is 20.7 Å². The molecule has 1 heterocycles. The molecule has 1 atom stereocenters. The third-order valence-corrected chi connectivity index (χ3v) is 2.28. The molecule has 1 rings (SSSR count). The van der Waals surface area contributed by atoms with Crippen LogP contribution in [-0.4, -0.2) is 34.8 Å². The van der Waals surface area contributed by atoms with Gasteiger partial charge in [0.2, 0.25) is 5.95 Å². The largest absolute Gasteiger partial charge is 0.383 e. The van der Waals surface area contributed by atoms with Crippen LogP contribution in [0.4, 0.5) is 5.95 Å². The maximum absolute atomic E-state index is 5.11. The number of nitrogens with zero attached hydrogens (tertiary/aromatic N) is 2. The van der Waals surface area contributed by atoms with E-state index in [9.17, 15) is 0 Å². The van der Waals surface area contributed by atoms with Gasteiger partial charge in [0.05, 0.1) is 6.61 Å². The molecule has 0 aliphatic rings. The molecular weight excluding hydrogens is 250 g/mol. The van der Waals surface area contributed by atoms with Gasteiger partial charge in [-0.1, -0.05) is 0 Å². The third-order valence-electron chi connectivity index (χ3n) is 2.06. The van der Waals surface area contributed by atoms with Crippen LogP contribution in [0.15, 0.2) is 6.07 Å². The van der Waals surface area contributed by atoms with E-state index in [-0.39, 0.29) is 6.04 Å². The summed E-state index contributed by atoms with van der Waals surface area (Å²) < 4.78 is 5.00. The summed E-state index contributed by atoms with van der Waals surface area (Å²) in [5.41, 5.74) is 7.49. The van der Waals surface area contributed by atoms with E-state index in [1.54, 1.807) is 7.11 Å². The van der Waals surface area contributed by atoms with Crippen LogP contribution in [0.25, 0.3) is 0 Å². The molecule has 0 saturated heterocycles. The molecule has 0 fully saturated rings. The number of anilines is 1. The van der Waals surface area contributed by atoms with Gasteiger partial charge in [-0.3, -0.25) is 10.9 Å². The van der Waals surface area contributed by atoms with E-state index >= 15 is 0 Å². The van der Waals surface area contributed by atoms with E-state index in [1.165, 1.54) is 0 Å². The molecule has 6 nitrogen and oxygen atoms in total. The summed E-state index contributed by atoms with van der Waals surface area (Å²) >= 11 is 5.11. The minimum atomic E-state index is 0.136. The maximum atomic E-state index is 5.11. The molecule has 0 aliphatic heterocycles. The first-order valence-electron chi connectivity index (χ1n) is 5.65. The van der Waals surface area contributed by atoms with Gasteiger partial charge in [0.1, 0.15) is 0 Å². The van der Waals surface area contributed by atoms with E-state index in [1.807, 2.05) is 26.8 Å². The van der Waals surface area contributed by atoms with Gasteiger partial charge in [0.25, 0.3) is 0 Å². The smallest absolute Gasteiger partial charge is 0.242 e. The highest BCUT2D eigenvalue weighted by atomic mass is 32.1. The maximum Gasteiger partial charge on any atom is 0.242 e. The summed E-state index contributed by atoms with van der Waals surface area (Å²) in [4.78, 5) is 8.45. The lowest BCUT2D eigenvalue weighted by molar-refractivity contribution is 0.179. The molecule has 0 unspecified atom stereocenters. The van der Waals surface area contributed by atoms with E-state index in [2.05, 4.69) is 26.1 Å². The van der Waals surface area contributed by atoms with Gasteiger partial charge in [-0.05, 0) is 39.1 Å². The predicted molar refractivity (Wildman–Crippen MR) is 75.3 cm³/mol. The second-order valence-corrected chi connectivity index (χ2v) is 4.46. The van der Waals surface area contributed by atoms with Gasteiger partial charge in [-0.15, -0.1) is 0 Å². The summed E-state index contributed by atoms with van der Waals surface area (Å²) in [5, 5.41) is 3.53. The van der Waals surface area contributed by atoms with Gasteiger partial charge >= 0.3 is 0 Å². The molecule has 3 N–H and O–H groups in total. The highest BCUT2D eigenvalue weighted by molar-refractivity contribution is 7.80. The Morgan fingerprint density at radius 2 is 2.00 bits per heavy atom. The molecule has 7 heteroatoms. The van der Waals surface area contributed by atoms with Crippen LogP contribution in [0.2, 0.25) is 0 Å². The molecule has 0 aliphatic carbocycles. The number of rotatable bonds is 5. The Bertz CT molecular complexity index is 392. The first-order chi connectivity index (χ1) is 8.51. The third kappa shape index (κ3) is 5.24. The zero-order valence-corrected chi connectivity index (χ0v) is 11.9.